The van der Waals surface area contributed by atoms with Crippen molar-refractivity contribution in [2.75, 3.05) is 13.2 Å². The third kappa shape index (κ3) is 2.32. The minimum absolute atomic E-state index is 0.162. The maximum absolute atomic E-state index is 6.04. The summed E-state index contributed by atoms with van der Waals surface area (Å²) in [7, 11) is 1.95. The molecule has 1 aromatic carbocycles. The minimum atomic E-state index is 0.162. The molecule has 2 heterocycles. The molecule has 4 nitrogen and oxygen atoms in total. The van der Waals surface area contributed by atoms with Crippen molar-refractivity contribution in [3.63, 3.8) is 0 Å². The molecule has 0 unspecified atom stereocenters. The van der Waals surface area contributed by atoms with Crippen molar-refractivity contribution in [1.82, 2.24) is 9.78 Å². The molecule has 3 rings (SSSR count). The Balaban J connectivity index is 2.02. The first kappa shape index (κ1) is 12.5. The lowest BCUT2D eigenvalue weighted by Gasteiger charge is -2.14. The largest absolute Gasteiger partial charge is 0.486 e. The summed E-state index contributed by atoms with van der Waals surface area (Å²) in [5.41, 5.74) is 2.28. The number of ether oxygens (including phenoxy) is 2. The van der Waals surface area contributed by atoms with Gasteiger partial charge in [-0.15, -0.1) is 0 Å². The van der Waals surface area contributed by atoms with Crippen molar-refractivity contribution >= 4 is 10.9 Å². The van der Waals surface area contributed by atoms with E-state index in [-0.39, 0.29) is 6.10 Å². The van der Waals surface area contributed by atoms with Crippen LogP contribution in [0.2, 0.25) is 0 Å². The van der Waals surface area contributed by atoms with E-state index in [0.717, 1.165) is 24.3 Å². The van der Waals surface area contributed by atoms with Crippen molar-refractivity contribution in [3.05, 3.63) is 23.9 Å². The molecule has 0 spiro atoms. The van der Waals surface area contributed by atoms with Gasteiger partial charge in [-0.2, -0.15) is 5.10 Å². The number of aryl methyl sites for hydroxylation is 1. The average Bonchev–Trinajstić information content (AvgIpc) is 2.97. The molecular formula is C15H20N2O2. The fourth-order valence-electron chi connectivity index (χ4n) is 2.60. The number of hydrogen-bond acceptors (Lipinski definition) is 3. The molecule has 102 valence electrons. The fraction of sp³-hybridized carbons (Fsp3) is 0.533. The Bertz CT molecular complexity index is 583. The van der Waals surface area contributed by atoms with Gasteiger partial charge in [-0.05, 0) is 17.5 Å². The molecule has 1 aliphatic heterocycles. The molecular weight excluding hydrogens is 240 g/mol. The van der Waals surface area contributed by atoms with Crippen LogP contribution in [0, 0.1) is 0 Å². The molecule has 1 aliphatic rings. The Morgan fingerprint density at radius 1 is 1.42 bits per heavy atom. The zero-order valence-corrected chi connectivity index (χ0v) is 11.7. The van der Waals surface area contributed by atoms with Gasteiger partial charge in [0, 0.05) is 25.1 Å². The van der Waals surface area contributed by atoms with Gasteiger partial charge >= 0.3 is 0 Å². The molecule has 2 aromatic rings. The van der Waals surface area contributed by atoms with Crippen LogP contribution < -0.4 is 4.74 Å². The Labute approximate surface area is 113 Å². The van der Waals surface area contributed by atoms with Crippen LogP contribution >= 0.6 is 0 Å². The third-order valence-electron chi connectivity index (χ3n) is 3.59. The second kappa shape index (κ2) is 4.85. The second-order valence-electron chi connectivity index (χ2n) is 5.48. The maximum atomic E-state index is 6.04. The first-order chi connectivity index (χ1) is 9.15. The normalized spacial score (nSPS) is 19.5. The lowest BCUT2D eigenvalue weighted by molar-refractivity contribution is 0.142. The van der Waals surface area contributed by atoms with E-state index in [9.17, 15) is 0 Å². The van der Waals surface area contributed by atoms with Gasteiger partial charge in [-0.3, -0.25) is 4.68 Å². The van der Waals surface area contributed by atoms with Crippen molar-refractivity contribution in [3.8, 4) is 5.75 Å². The monoisotopic (exact) mass is 260 g/mol. The summed E-state index contributed by atoms with van der Waals surface area (Å²) in [5, 5.41) is 5.74. The Kier molecular flexibility index (Phi) is 3.19. The highest BCUT2D eigenvalue weighted by Gasteiger charge is 2.20. The van der Waals surface area contributed by atoms with Crippen molar-refractivity contribution in [2.45, 2.75) is 32.3 Å². The Hall–Kier alpha value is -1.55. The van der Waals surface area contributed by atoms with Crippen LogP contribution in [0.1, 0.15) is 31.7 Å². The minimum Gasteiger partial charge on any atom is -0.486 e. The summed E-state index contributed by atoms with van der Waals surface area (Å²) < 4.78 is 13.2. The number of aromatic nitrogens is 2. The Morgan fingerprint density at radius 2 is 2.26 bits per heavy atom. The summed E-state index contributed by atoms with van der Waals surface area (Å²) in [4.78, 5) is 0. The quantitative estimate of drug-likeness (QED) is 0.851. The summed E-state index contributed by atoms with van der Waals surface area (Å²) in [6.07, 6.45) is 3.19. The topological polar surface area (TPSA) is 36.3 Å². The predicted octanol–water partition coefficient (Wildman–Crippen LogP) is 2.86. The lowest BCUT2D eigenvalue weighted by Crippen LogP contribution is -2.16. The van der Waals surface area contributed by atoms with Crippen LogP contribution in [0.15, 0.2) is 18.3 Å². The first-order valence-corrected chi connectivity index (χ1v) is 6.86. The van der Waals surface area contributed by atoms with Crippen LogP contribution in [0.3, 0.4) is 0 Å². The van der Waals surface area contributed by atoms with Gasteiger partial charge in [0.15, 0.2) is 0 Å². The van der Waals surface area contributed by atoms with E-state index in [0.29, 0.717) is 12.5 Å². The van der Waals surface area contributed by atoms with Gasteiger partial charge < -0.3 is 9.47 Å². The molecule has 1 atom stereocenters. The second-order valence-corrected chi connectivity index (χ2v) is 5.48. The molecule has 4 heteroatoms. The SMILES string of the molecule is CC(C)c1ccc(O[C@@H]2CCOC2)c2nn(C)cc12. The van der Waals surface area contributed by atoms with Gasteiger partial charge in [0.2, 0.25) is 0 Å². The van der Waals surface area contributed by atoms with Gasteiger partial charge in [-0.1, -0.05) is 19.9 Å². The molecule has 0 N–H and O–H groups in total. The summed E-state index contributed by atoms with van der Waals surface area (Å²) in [6, 6.07) is 4.20. The van der Waals surface area contributed by atoms with E-state index < -0.39 is 0 Å². The zero-order valence-electron chi connectivity index (χ0n) is 11.7. The molecule has 0 amide bonds. The average molecular weight is 260 g/mol. The smallest absolute Gasteiger partial charge is 0.147 e. The third-order valence-corrected chi connectivity index (χ3v) is 3.59. The summed E-state index contributed by atoms with van der Waals surface area (Å²) >= 11 is 0. The van der Waals surface area contributed by atoms with Crippen LogP contribution in [0.4, 0.5) is 0 Å². The van der Waals surface area contributed by atoms with Gasteiger partial charge in [0.05, 0.1) is 13.2 Å². The highest BCUT2D eigenvalue weighted by Crippen LogP contribution is 2.32. The molecule has 1 fully saturated rings. The standard InChI is InChI=1S/C15H20N2O2/c1-10(2)12-4-5-14(19-11-6-7-18-9-11)15-13(12)8-17(3)16-15/h4-5,8,10-11H,6-7,9H2,1-3H3/t11-/m1/s1. The van der Waals surface area contributed by atoms with Crippen molar-refractivity contribution in [1.29, 1.82) is 0 Å². The molecule has 0 saturated carbocycles. The first-order valence-electron chi connectivity index (χ1n) is 6.86. The van der Waals surface area contributed by atoms with Crippen molar-refractivity contribution < 1.29 is 9.47 Å². The van der Waals surface area contributed by atoms with Crippen LogP contribution in [0.25, 0.3) is 10.9 Å². The lowest BCUT2D eigenvalue weighted by atomic mass is 9.99. The molecule has 1 aromatic heterocycles. The van der Waals surface area contributed by atoms with E-state index in [2.05, 4.69) is 31.2 Å². The number of fused-ring (bicyclic) bond motifs is 1. The number of nitrogens with zero attached hydrogens (tertiary/aromatic N) is 2. The fourth-order valence-corrected chi connectivity index (χ4v) is 2.60. The van der Waals surface area contributed by atoms with E-state index in [1.54, 1.807) is 0 Å². The van der Waals surface area contributed by atoms with E-state index in [1.165, 1.54) is 10.9 Å². The molecule has 0 aliphatic carbocycles. The molecule has 19 heavy (non-hydrogen) atoms. The summed E-state index contributed by atoms with van der Waals surface area (Å²) in [6.45, 7) is 5.88. The van der Waals surface area contributed by atoms with Gasteiger partial charge in [-0.25, -0.2) is 0 Å². The van der Waals surface area contributed by atoms with Gasteiger partial charge in [0.1, 0.15) is 17.4 Å². The Morgan fingerprint density at radius 3 is 2.95 bits per heavy atom. The van der Waals surface area contributed by atoms with Crippen LogP contribution in [-0.4, -0.2) is 29.1 Å². The van der Waals surface area contributed by atoms with E-state index >= 15 is 0 Å². The number of benzene rings is 1. The van der Waals surface area contributed by atoms with E-state index in [4.69, 9.17) is 9.47 Å². The molecule has 0 bridgehead atoms. The number of rotatable bonds is 3. The van der Waals surface area contributed by atoms with Gasteiger partial charge in [0.25, 0.3) is 0 Å². The summed E-state index contributed by atoms with van der Waals surface area (Å²) in [5.74, 6) is 1.35. The van der Waals surface area contributed by atoms with E-state index in [1.807, 2.05) is 17.8 Å². The molecule has 1 saturated heterocycles. The van der Waals surface area contributed by atoms with Crippen LogP contribution in [-0.2, 0) is 11.8 Å². The van der Waals surface area contributed by atoms with Crippen LogP contribution in [0.5, 0.6) is 5.75 Å². The predicted molar refractivity (Wildman–Crippen MR) is 74.7 cm³/mol. The van der Waals surface area contributed by atoms with Crippen molar-refractivity contribution in [2.24, 2.45) is 7.05 Å². The highest BCUT2D eigenvalue weighted by molar-refractivity contribution is 5.87. The zero-order chi connectivity index (χ0) is 13.4. The molecule has 0 radical (unpaired) electrons. The number of hydrogen-bond donors (Lipinski definition) is 0. The highest BCUT2D eigenvalue weighted by atomic mass is 16.5. The maximum Gasteiger partial charge on any atom is 0.147 e.